The Morgan fingerprint density at radius 3 is 2.50 bits per heavy atom. The number of halogens is 3. The van der Waals surface area contributed by atoms with E-state index >= 15 is 0 Å². The van der Waals surface area contributed by atoms with Crippen LogP contribution in [0.3, 0.4) is 0 Å². The number of carbonyl (C=O) groups is 1. The maximum Gasteiger partial charge on any atom is 0.425 e. The quantitative estimate of drug-likeness (QED) is 0.671. The van der Waals surface area contributed by atoms with Crippen LogP contribution in [0.4, 0.5) is 18.9 Å². The molecule has 0 aliphatic heterocycles. The molecule has 0 bridgehead atoms. The van der Waals surface area contributed by atoms with Gasteiger partial charge in [-0.3, -0.25) is 0 Å². The van der Waals surface area contributed by atoms with Gasteiger partial charge >= 0.3 is 12.1 Å². The molecule has 0 heterocycles. The Balaban J connectivity index is 3.01. The first-order valence-corrected chi connectivity index (χ1v) is 4.97. The Morgan fingerprint density at radius 2 is 2.00 bits per heavy atom. The van der Waals surface area contributed by atoms with Gasteiger partial charge in [0, 0.05) is 0 Å². The number of alkyl halides is 3. The van der Waals surface area contributed by atoms with Crippen molar-refractivity contribution in [2.45, 2.75) is 19.2 Å². The van der Waals surface area contributed by atoms with Crippen LogP contribution in [-0.4, -0.2) is 25.4 Å². The number of nitrogen functional groups attached to an aromatic ring is 1. The molecule has 0 aromatic heterocycles. The van der Waals surface area contributed by atoms with Crippen LogP contribution in [0.5, 0.6) is 5.75 Å². The van der Waals surface area contributed by atoms with Gasteiger partial charge in [0.1, 0.15) is 5.75 Å². The zero-order valence-corrected chi connectivity index (χ0v) is 9.75. The van der Waals surface area contributed by atoms with Gasteiger partial charge in [0.15, 0.2) is 6.10 Å². The summed E-state index contributed by atoms with van der Waals surface area (Å²) in [6, 6.07) is 3.96. The number of benzene rings is 1. The second kappa shape index (κ2) is 5.16. The fourth-order valence-electron chi connectivity index (χ4n) is 1.19. The summed E-state index contributed by atoms with van der Waals surface area (Å²) in [6.45, 7) is 0.851. The van der Waals surface area contributed by atoms with Crippen molar-refractivity contribution < 1.29 is 27.4 Å². The molecule has 1 aromatic rings. The molecule has 0 saturated carbocycles. The molecule has 0 aliphatic rings. The maximum atomic E-state index is 12.3. The van der Waals surface area contributed by atoms with E-state index in [4.69, 9.17) is 5.73 Å². The summed E-state index contributed by atoms with van der Waals surface area (Å²) in [7, 11) is 1.15. The van der Waals surface area contributed by atoms with Gasteiger partial charge < -0.3 is 15.2 Å². The van der Waals surface area contributed by atoms with Crippen molar-refractivity contribution >= 4 is 11.7 Å². The van der Waals surface area contributed by atoms with Crippen LogP contribution in [-0.2, 0) is 4.74 Å². The molecule has 0 fully saturated rings. The van der Waals surface area contributed by atoms with Crippen LogP contribution in [0, 0.1) is 0 Å². The smallest absolute Gasteiger partial charge is 0.425 e. The van der Waals surface area contributed by atoms with Crippen LogP contribution >= 0.6 is 0 Å². The molecule has 0 spiro atoms. The monoisotopic (exact) mass is 263 g/mol. The molecule has 0 radical (unpaired) electrons. The molecule has 1 aromatic carbocycles. The van der Waals surface area contributed by atoms with E-state index in [-0.39, 0.29) is 17.0 Å². The highest BCUT2D eigenvalue weighted by atomic mass is 19.4. The lowest BCUT2D eigenvalue weighted by atomic mass is 10.1. The Morgan fingerprint density at radius 1 is 1.39 bits per heavy atom. The number of ether oxygens (including phenoxy) is 2. The molecule has 0 amide bonds. The average Bonchev–Trinajstić information content (AvgIpc) is 2.29. The molecule has 1 rings (SSSR count). The molecule has 2 N–H and O–H groups in total. The second-order valence-corrected chi connectivity index (χ2v) is 3.51. The number of hydrogen-bond donors (Lipinski definition) is 1. The number of hydrogen-bond acceptors (Lipinski definition) is 4. The zero-order valence-electron chi connectivity index (χ0n) is 9.75. The Hall–Kier alpha value is -1.92. The van der Waals surface area contributed by atoms with E-state index in [9.17, 15) is 18.0 Å². The largest absolute Gasteiger partial charge is 0.479 e. The molecule has 1 atom stereocenters. The van der Waals surface area contributed by atoms with E-state index in [0.717, 1.165) is 14.0 Å². The fourth-order valence-corrected chi connectivity index (χ4v) is 1.19. The van der Waals surface area contributed by atoms with E-state index < -0.39 is 18.2 Å². The highest BCUT2D eigenvalue weighted by Crippen LogP contribution is 2.30. The molecule has 18 heavy (non-hydrogen) atoms. The summed E-state index contributed by atoms with van der Waals surface area (Å²) in [5, 5.41) is 0. The van der Waals surface area contributed by atoms with Crippen molar-refractivity contribution in [2.75, 3.05) is 12.8 Å². The Bertz CT molecular complexity index is 446. The topological polar surface area (TPSA) is 61.5 Å². The summed E-state index contributed by atoms with van der Waals surface area (Å²) >= 11 is 0. The van der Waals surface area contributed by atoms with E-state index in [2.05, 4.69) is 9.47 Å². The number of rotatable bonds is 3. The molecule has 0 saturated heterocycles. The third kappa shape index (κ3) is 3.06. The lowest BCUT2D eigenvalue weighted by Crippen LogP contribution is -2.31. The first-order chi connectivity index (χ1) is 8.27. The highest BCUT2D eigenvalue weighted by molar-refractivity contribution is 5.96. The van der Waals surface area contributed by atoms with Crippen molar-refractivity contribution in [3.63, 3.8) is 0 Å². The van der Waals surface area contributed by atoms with Gasteiger partial charge in [0.25, 0.3) is 0 Å². The van der Waals surface area contributed by atoms with Crippen LogP contribution in [0.2, 0.25) is 0 Å². The van der Waals surface area contributed by atoms with Gasteiger partial charge in [-0.1, -0.05) is 6.07 Å². The Kier molecular flexibility index (Phi) is 4.05. The lowest BCUT2D eigenvalue weighted by molar-refractivity contribution is -0.189. The van der Waals surface area contributed by atoms with Crippen LogP contribution in [0.25, 0.3) is 0 Å². The van der Waals surface area contributed by atoms with Crippen molar-refractivity contribution in [3.05, 3.63) is 23.8 Å². The van der Waals surface area contributed by atoms with Crippen LogP contribution in [0.15, 0.2) is 18.2 Å². The third-order valence-corrected chi connectivity index (χ3v) is 2.24. The van der Waals surface area contributed by atoms with Gasteiger partial charge in [-0.15, -0.1) is 0 Å². The first kappa shape index (κ1) is 14.1. The summed E-state index contributed by atoms with van der Waals surface area (Å²) in [5.74, 6) is -0.944. The van der Waals surface area contributed by atoms with E-state index in [1.165, 1.54) is 18.2 Å². The number of nitrogens with two attached hydrogens (primary N) is 1. The van der Waals surface area contributed by atoms with Gasteiger partial charge in [0.05, 0.1) is 18.4 Å². The van der Waals surface area contributed by atoms with Gasteiger partial charge in [-0.2, -0.15) is 13.2 Å². The molecule has 100 valence electrons. The summed E-state index contributed by atoms with van der Waals surface area (Å²) in [6.07, 6.45) is -6.53. The van der Waals surface area contributed by atoms with Gasteiger partial charge in [-0.25, -0.2) is 4.79 Å². The van der Waals surface area contributed by atoms with Gasteiger partial charge in [-0.05, 0) is 19.1 Å². The minimum absolute atomic E-state index is 0.0376. The van der Waals surface area contributed by atoms with E-state index in [1.807, 2.05) is 0 Å². The third-order valence-electron chi connectivity index (χ3n) is 2.24. The average molecular weight is 263 g/mol. The second-order valence-electron chi connectivity index (χ2n) is 3.51. The summed E-state index contributed by atoms with van der Waals surface area (Å²) < 4.78 is 46.1. The van der Waals surface area contributed by atoms with Crippen molar-refractivity contribution in [2.24, 2.45) is 0 Å². The predicted molar refractivity (Wildman–Crippen MR) is 58.3 cm³/mol. The summed E-state index contributed by atoms with van der Waals surface area (Å²) in [4.78, 5) is 11.3. The number of esters is 1. The van der Waals surface area contributed by atoms with Crippen molar-refractivity contribution in [1.82, 2.24) is 0 Å². The molecule has 4 nitrogen and oxygen atoms in total. The number of anilines is 1. The molecule has 1 unspecified atom stereocenters. The maximum absolute atomic E-state index is 12.3. The van der Waals surface area contributed by atoms with E-state index in [1.54, 1.807) is 0 Å². The highest BCUT2D eigenvalue weighted by Gasteiger charge is 2.38. The predicted octanol–water partition coefficient (Wildman–Crippen LogP) is 2.39. The number of methoxy groups -OCH3 is 1. The molecule has 7 heteroatoms. The number of carbonyl (C=O) groups excluding carboxylic acids is 1. The first-order valence-electron chi connectivity index (χ1n) is 4.97. The Labute approximate surface area is 101 Å². The molecular formula is C11H12F3NO3. The van der Waals surface area contributed by atoms with Crippen molar-refractivity contribution in [3.8, 4) is 5.75 Å². The zero-order chi connectivity index (χ0) is 13.9. The lowest BCUT2D eigenvalue weighted by Gasteiger charge is -2.19. The number of para-hydroxylation sites is 1. The van der Waals surface area contributed by atoms with E-state index in [0.29, 0.717) is 0 Å². The van der Waals surface area contributed by atoms with Crippen molar-refractivity contribution in [1.29, 1.82) is 0 Å². The van der Waals surface area contributed by atoms with Crippen LogP contribution in [0.1, 0.15) is 17.3 Å². The SMILES string of the molecule is COC(=O)c1cccc(OC(C)C(F)(F)F)c1N. The van der Waals surface area contributed by atoms with Gasteiger partial charge in [0.2, 0.25) is 0 Å². The normalized spacial score (nSPS) is 12.9. The minimum atomic E-state index is -4.51. The minimum Gasteiger partial charge on any atom is -0.479 e. The van der Waals surface area contributed by atoms with Crippen LogP contribution < -0.4 is 10.5 Å². The molecule has 0 aliphatic carbocycles. The molecular weight excluding hydrogens is 251 g/mol. The summed E-state index contributed by atoms with van der Waals surface area (Å²) in [5.41, 5.74) is 5.34. The fraction of sp³-hybridized carbons (Fsp3) is 0.364. The standard InChI is InChI=1S/C11H12F3NO3/c1-6(11(12,13)14)18-8-5-3-4-7(9(8)15)10(16)17-2/h3-6H,15H2,1-2H3.